The molecule has 0 spiro atoms. The largest absolute Gasteiger partial charge is 0.494 e. The Kier molecular flexibility index (Phi) is 3.14. The molecule has 0 saturated heterocycles. The van der Waals surface area contributed by atoms with E-state index in [0.717, 1.165) is 0 Å². The molecule has 1 heterocycles. The Morgan fingerprint density at radius 3 is 2.62 bits per heavy atom. The summed E-state index contributed by atoms with van der Waals surface area (Å²) < 4.78 is 4.85. The predicted molar refractivity (Wildman–Crippen MR) is 50.4 cm³/mol. The molecule has 0 aromatic carbocycles. The maximum atomic E-state index is 8.93. The average molecular weight is 201 g/mol. The molecule has 6 heteroatoms. The van der Waals surface area contributed by atoms with Crippen LogP contribution in [-0.2, 0) is 0 Å². The Balaban J connectivity index is 3.25. The first-order valence-electron chi connectivity index (χ1n) is 3.63. The minimum absolute atomic E-state index is 0.165. The number of pyridine rings is 1. The Bertz CT molecular complexity index is 319. The minimum atomic E-state index is -1.62. The molecule has 1 aromatic rings. The summed E-state index contributed by atoms with van der Waals surface area (Å²) in [4.78, 5) is 3.94. The molecule has 1 rings (SSSR count). The number of methoxy groups -OCH3 is 1. The molecule has 0 aliphatic rings. The average Bonchev–Trinajstić information content (AvgIpc) is 2.08. The highest BCUT2D eigenvalue weighted by atomic mass is 35.5. The standard InChI is InChI=1S/C7H9BClNO3/c1-4-6(9)3-5(8(11)12)7(10-4)13-2/h3,11-12H,1-2H3. The van der Waals surface area contributed by atoms with Gasteiger partial charge in [-0.3, -0.25) is 0 Å². The fourth-order valence-corrected chi connectivity index (χ4v) is 1.08. The number of halogens is 1. The van der Waals surface area contributed by atoms with E-state index in [9.17, 15) is 0 Å². The first-order chi connectivity index (χ1) is 6.06. The van der Waals surface area contributed by atoms with Gasteiger partial charge in [-0.2, -0.15) is 0 Å². The summed E-state index contributed by atoms with van der Waals surface area (Å²) in [7, 11) is -0.220. The van der Waals surface area contributed by atoms with Gasteiger partial charge in [-0.1, -0.05) is 11.6 Å². The molecule has 13 heavy (non-hydrogen) atoms. The van der Waals surface area contributed by atoms with Gasteiger partial charge >= 0.3 is 7.12 Å². The molecule has 0 saturated carbocycles. The number of aromatic nitrogens is 1. The molecular weight excluding hydrogens is 192 g/mol. The quantitative estimate of drug-likeness (QED) is 0.647. The molecule has 0 atom stereocenters. The number of rotatable bonds is 2. The van der Waals surface area contributed by atoms with Crippen LogP contribution in [0.25, 0.3) is 0 Å². The second-order valence-corrected chi connectivity index (χ2v) is 2.93. The molecule has 0 amide bonds. The van der Waals surface area contributed by atoms with Crippen LogP contribution in [-0.4, -0.2) is 29.3 Å². The second kappa shape index (κ2) is 3.96. The second-order valence-electron chi connectivity index (χ2n) is 2.53. The SMILES string of the molecule is COc1nc(C)c(Cl)cc1B(O)O. The van der Waals surface area contributed by atoms with E-state index in [1.54, 1.807) is 6.92 Å². The van der Waals surface area contributed by atoms with Crippen LogP contribution in [0.1, 0.15) is 5.69 Å². The summed E-state index contributed by atoms with van der Waals surface area (Å²) in [6.45, 7) is 1.71. The fourth-order valence-electron chi connectivity index (χ4n) is 0.921. The van der Waals surface area contributed by atoms with Crippen molar-refractivity contribution in [1.29, 1.82) is 0 Å². The number of aryl methyl sites for hydroxylation is 1. The molecule has 70 valence electrons. The van der Waals surface area contributed by atoms with Crippen molar-refractivity contribution in [2.45, 2.75) is 6.92 Å². The van der Waals surface area contributed by atoms with Crippen molar-refractivity contribution in [2.24, 2.45) is 0 Å². The van der Waals surface area contributed by atoms with Crippen LogP contribution in [0.3, 0.4) is 0 Å². The van der Waals surface area contributed by atoms with Gasteiger partial charge in [-0.15, -0.1) is 0 Å². The van der Waals surface area contributed by atoms with Gasteiger partial charge in [0.2, 0.25) is 5.88 Å². The van der Waals surface area contributed by atoms with Gasteiger partial charge in [-0.05, 0) is 13.0 Å². The molecule has 0 fully saturated rings. The van der Waals surface area contributed by atoms with E-state index in [2.05, 4.69) is 4.98 Å². The highest BCUT2D eigenvalue weighted by Gasteiger charge is 2.19. The maximum absolute atomic E-state index is 8.93. The smallest absolute Gasteiger partial charge is 0.481 e. The van der Waals surface area contributed by atoms with Crippen molar-refractivity contribution in [3.63, 3.8) is 0 Å². The zero-order chi connectivity index (χ0) is 10.0. The van der Waals surface area contributed by atoms with Crippen molar-refractivity contribution in [2.75, 3.05) is 7.11 Å². The lowest BCUT2D eigenvalue weighted by Crippen LogP contribution is -2.32. The minimum Gasteiger partial charge on any atom is -0.481 e. The summed E-state index contributed by atoms with van der Waals surface area (Å²) in [6, 6.07) is 1.42. The Morgan fingerprint density at radius 1 is 1.54 bits per heavy atom. The van der Waals surface area contributed by atoms with Gasteiger partial charge in [0.05, 0.1) is 17.8 Å². The van der Waals surface area contributed by atoms with E-state index < -0.39 is 7.12 Å². The first kappa shape index (κ1) is 10.3. The van der Waals surface area contributed by atoms with Gasteiger partial charge in [-0.25, -0.2) is 4.98 Å². The zero-order valence-electron chi connectivity index (χ0n) is 7.28. The van der Waals surface area contributed by atoms with Crippen LogP contribution in [0.5, 0.6) is 5.88 Å². The number of nitrogens with zero attached hydrogens (tertiary/aromatic N) is 1. The van der Waals surface area contributed by atoms with Gasteiger partial charge in [0.1, 0.15) is 0 Å². The van der Waals surface area contributed by atoms with E-state index in [-0.39, 0.29) is 11.3 Å². The third-order valence-electron chi connectivity index (χ3n) is 1.62. The predicted octanol–water partition coefficient (Wildman–Crippen LogP) is -0.268. The molecule has 0 radical (unpaired) electrons. The van der Waals surface area contributed by atoms with Crippen LogP contribution < -0.4 is 10.2 Å². The van der Waals surface area contributed by atoms with E-state index in [1.807, 2.05) is 0 Å². The van der Waals surface area contributed by atoms with Gasteiger partial charge < -0.3 is 14.8 Å². The van der Waals surface area contributed by atoms with E-state index in [1.165, 1.54) is 13.2 Å². The fraction of sp³-hybridized carbons (Fsp3) is 0.286. The number of hydrogen-bond acceptors (Lipinski definition) is 4. The highest BCUT2D eigenvalue weighted by Crippen LogP contribution is 2.15. The zero-order valence-corrected chi connectivity index (χ0v) is 8.04. The third kappa shape index (κ3) is 2.12. The van der Waals surface area contributed by atoms with E-state index >= 15 is 0 Å². The van der Waals surface area contributed by atoms with Gasteiger partial charge in [0.15, 0.2) is 0 Å². The summed E-state index contributed by atoms with van der Waals surface area (Å²) in [5.41, 5.74) is 0.751. The number of hydrogen-bond donors (Lipinski definition) is 2. The molecule has 1 aromatic heterocycles. The maximum Gasteiger partial charge on any atom is 0.494 e. The van der Waals surface area contributed by atoms with Crippen molar-refractivity contribution >= 4 is 24.2 Å². The number of ether oxygens (including phenoxy) is 1. The highest BCUT2D eigenvalue weighted by molar-refractivity contribution is 6.60. The van der Waals surface area contributed by atoms with Crippen LogP contribution in [0.4, 0.5) is 0 Å². The molecule has 2 N–H and O–H groups in total. The van der Waals surface area contributed by atoms with Crippen LogP contribution >= 0.6 is 11.6 Å². The molecule has 0 unspecified atom stereocenters. The monoisotopic (exact) mass is 201 g/mol. The van der Waals surface area contributed by atoms with Crippen LogP contribution in [0, 0.1) is 6.92 Å². The Hall–Kier alpha value is -0.775. The van der Waals surface area contributed by atoms with Crippen LogP contribution in [0.15, 0.2) is 6.07 Å². The van der Waals surface area contributed by atoms with E-state index in [0.29, 0.717) is 10.7 Å². The normalized spacial score (nSPS) is 9.92. The lowest BCUT2D eigenvalue weighted by molar-refractivity contribution is 0.390. The summed E-state index contributed by atoms with van der Waals surface area (Å²) in [5, 5.41) is 18.2. The van der Waals surface area contributed by atoms with Gasteiger partial charge in [0.25, 0.3) is 0 Å². The summed E-state index contributed by atoms with van der Waals surface area (Å²) >= 11 is 5.75. The lowest BCUT2D eigenvalue weighted by atomic mass is 9.81. The summed E-state index contributed by atoms with van der Waals surface area (Å²) in [5.74, 6) is 0.178. The van der Waals surface area contributed by atoms with Crippen molar-refractivity contribution in [3.05, 3.63) is 16.8 Å². The van der Waals surface area contributed by atoms with E-state index in [4.69, 9.17) is 26.4 Å². The van der Waals surface area contributed by atoms with Crippen molar-refractivity contribution < 1.29 is 14.8 Å². The molecular formula is C7H9BClNO3. The Labute approximate surface area is 81.3 Å². The lowest BCUT2D eigenvalue weighted by Gasteiger charge is -2.08. The molecule has 0 aliphatic heterocycles. The van der Waals surface area contributed by atoms with Crippen LogP contribution in [0.2, 0.25) is 5.02 Å². The Morgan fingerprint density at radius 2 is 2.15 bits per heavy atom. The first-order valence-corrected chi connectivity index (χ1v) is 4.01. The van der Waals surface area contributed by atoms with Crippen molar-refractivity contribution in [3.8, 4) is 5.88 Å². The topological polar surface area (TPSA) is 62.6 Å². The summed E-state index contributed by atoms with van der Waals surface area (Å²) in [6.07, 6.45) is 0. The van der Waals surface area contributed by atoms with Crippen molar-refractivity contribution in [1.82, 2.24) is 4.98 Å². The molecule has 0 bridgehead atoms. The third-order valence-corrected chi connectivity index (χ3v) is 2.00. The van der Waals surface area contributed by atoms with Gasteiger partial charge in [0, 0.05) is 5.46 Å². The molecule has 4 nitrogen and oxygen atoms in total. The molecule has 0 aliphatic carbocycles.